The first-order chi connectivity index (χ1) is 6.29. The largest absolute Gasteiger partial charge is 0.481 e. The van der Waals surface area contributed by atoms with Gasteiger partial charge in [0.05, 0.1) is 6.42 Å². The van der Waals surface area contributed by atoms with Gasteiger partial charge in [-0.1, -0.05) is 0 Å². The Labute approximate surface area is 80.9 Å². The summed E-state index contributed by atoms with van der Waals surface area (Å²) < 4.78 is 1.84. The second-order valence-electron chi connectivity index (χ2n) is 2.53. The molecule has 0 bridgehead atoms. The van der Waals surface area contributed by atoms with Gasteiger partial charge in [0, 0.05) is 30.4 Å². The summed E-state index contributed by atoms with van der Waals surface area (Å²) >= 11 is 1.64. The van der Waals surface area contributed by atoms with E-state index < -0.39 is 5.97 Å². The normalized spacial score (nSPS) is 10.2. The molecular weight excluding hydrogens is 188 g/mol. The molecule has 0 amide bonds. The Bertz CT molecular complexity index is 249. The van der Waals surface area contributed by atoms with Crippen LogP contribution in [-0.4, -0.2) is 32.4 Å². The van der Waals surface area contributed by atoms with Crippen molar-refractivity contribution >= 4 is 17.7 Å². The monoisotopic (exact) mass is 200 g/mol. The lowest BCUT2D eigenvalue weighted by Crippen LogP contribution is -2.02. The molecule has 1 rings (SSSR count). The lowest BCUT2D eigenvalue weighted by Gasteiger charge is -1.99. The molecule has 4 nitrogen and oxygen atoms in total. The number of nitrogens with zero attached hydrogens (tertiary/aromatic N) is 2. The Kier molecular flexibility index (Phi) is 4.39. The molecule has 0 aliphatic carbocycles. The molecule has 5 heteroatoms. The Morgan fingerprint density at radius 3 is 3.00 bits per heavy atom. The van der Waals surface area contributed by atoms with Crippen molar-refractivity contribution in [2.45, 2.75) is 13.0 Å². The van der Waals surface area contributed by atoms with Gasteiger partial charge in [0.25, 0.3) is 0 Å². The van der Waals surface area contributed by atoms with Gasteiger partial charge < -0.3 is 5.11 Å². The van der Waals surface area contributed by atoms with Crippen molar-refractivity contribution in [2.75, 3.05) is 11.5 Å². The van der Waals surface area contributed by atoms with Gasteiger partial charge in [0.2, 0.25) is 0 Å². The standard InChI is InChI=1S/C8H12N2O2S/c11-8(12)2-6-13-7-5-10-4-1-3-9-10/h1,3-4H,2,5-7H2,(H,11,12). The summed E-state index contributed by atoms with van der Waals surface area (Å²) in [6.45, 7) is 0.845. The van der Waals surface area contributed by atoms with Gasteiger partial charge in [-0.3, -0.25) is 9.48 Å². The van der Waals surface area contributed by atoms with Gasteiger partial charge in [-0.05, 0) is 6.07 Å². The van der Waals surface area contributed by atoms with Gasteiger partial charge in [0.15, 0.2) is 0 Å². The molecule has 0 saturated carbocycles. The summed E-state index contributed by atoms with van der Waals surface area (Å²) in [7, 11) is 0. The number of carboxylic acids is 1. The molecule has 0 radical (unpaired) electrons. The number of carboxylic acid groups (broad SMARTS) is 1. The van der Waals surface area contributed by atoms with Crippen molar-refractivity contribution in [1.82, 2.24) is 9.78 Å². The third-order valence-electron chi connectivity index (χ3n) is 1.48. The number of carbonyl (C=O) groups is 1. The zero-order valence-corrected chi connectivity index (χ0v) is 8.04. The number of hydrogen-bond acceptors (Lipinski definition) is 3. The van der Waals surface area contributed by atoms with Crippen LogP contribution in [0.1, 0.15) is 6.42 Å². The smallest absolute Gasteiger partial charge is 0.304 e. The molecule has 1 N–H and O–H groups in total. The molecule has 0 aliphatic rings. The number of aliphatic carboxylic acids is 1. The van der Waals surface area contributed by atoms with Crippen LogP contribution >= 0.6 is 11.8 Å². The molecule has 0 aliphatic heterocycles. The van der Waals surface area contributed by atoms with E-state index in [9.17, 15) is 4.79 Å². The van der Waals surface area contributed by atoms with E-state index in [0.717, 1.165) is 12.3 Å². The Morgan fingerprint density at radius 1 is 1.54 bits per heavy atom. The number of aromatic nitrogens is 2. The first kappa shape index (κ1) is 10.1. The average molecular weight is 200 g/mol. The van der Waals surface area contributed by atoms with Crippen LogP contribution in [0, 0.1) is 0 Å². The Hall–Kier alpha value is -0.970. The van der Waals surface area contributed by atoms with Crippen molar-refractivity contribution in [1.29, 1.82) is 0 Å². The van der Waals surface area contributed by atoms with Crippen LogP contribution in [0.4, 0.5) is 0 Å². The van der Waals surface area contributed by atoms with Crippen LogP contribution in [0.2, 0.25) is 0 Å². The van der Waals surface area contributed by atoms with Gasteiger partial charge in [-0.25, -0.2) is 0 Å². The van der Waals surface area contributed by atoms with Gasteiger partial charge in [0.1, 0.15) is 0 Å². The van der Waals surface area contributed by atoms with Crippen molar-refractivity contribution in [3.05, 3.63) is 18.5 Å². The SMILES string of the molecule is O=C(O)CCSCCn1cccn1. The summed E-state index contributed by atoms with van der Waals surface area (Å²) in [6.07, 6.45) is 3.88. The fraction of sp³-hybridized carbons (Fsp3) is 0.500. The topological polar surface area (TPSA) is 55.1 Å². The molecule has 0 unspecified atom stereocenters. The molecular formula is C8H12N2O2S. The van der Waals surface area contributed by atoms with E-state index in [0.29, 0.717) is 5.75 Å². The predicted molar refractivity (Wildman–Crippen MR) is 51.8 cm³/mol. The summed E-state index contributed by atoms with van der Waals surface area (Å²) in [5.41, 5.74) is 0. The first-order valence-corrected chi connectivity index (χ1v) is 5.21. The van der Waals surface area contributed by atoms with Gasteiger partial charge in [-0.2, -0.15) is 16.9 Å². The van der Waals surface area contributed by atoms with Crippen LogP contribution in [0.15, 0.2) is 18.5 Å². The third-order valence-corrected chi connectivity index (χ3v) is 2.45. The van der Waals surface area contributed by atoms with E-state index in [-0.39, 0.29) is 6.42 Å². The molecule has 1 aromatic rings. The maximum Gasteiger partial charge on any atom is 0.304 e. The summed E-state index contributed by atoms with van der Waals surface area (Å²) in [5.74, 6) is 0.859. The molecule has 0 atom stereocenters. The summed E-state index contributed by atoms with van der Waals surface area (Å²) in [4.78, 5) is 10.2. The summed E-state index contributed by atoms with van der Waals surface area (Å²) in [5, 5.41) is 12.4. The van der Waals surface area contributed by atoms with E-state index in [4.69, 9.17) is 5.11 Å². The minimum atomic E-state index is -0.730. The van der Waals surface area contributed by atoms with Crippen LogP contribution < -0.4 is 0 Å². The lowest BCUT2D eigenvalue weighted by molar-refractivity contribution is -0.136. The van der Waals surface area contributed by atoms with E-state index in [2.05, 4.69) is 5.10 Å². The van der Waals surface area contributed by atoms with Gasteiger partial charge in [-0.15, -0.1) is 0 Å². The maximum absolute atomic E-state index is 10.2. The molecule has 1 aromatic heterocycles. The van der Waals surface area contributed by atoms with Crippen LogP contribution in [0.25, 0.3) is 0 Å². The second-order valence-corrected chi connectivity index (χ2v) is 3.75. The molecule has 0 aromatic carbocycles. The van der Waals surface area contributed by atoms with E-state index in [1.54, 1.807) is 18.0 Å². The molecule has 13 heavy (non-hydrogen) atoms. The highest BCUT2D eigenvalue weighted by Gasteiger charge is 1.96. The van der Waals surface area contributed by atoms with E-state index in [1.165, 1.54) is 0 Å². The fourth-order valence-electron chi connectivity index (χ4n) is 0.852. The zero-order valence-electron chi connectivity index (χ0n) is 7.22. The molecule has 72 valence electrons. The van der Waals surface area contributed by atoms with Crippen LogP contribution in [0.5, 0.6) is 0 Å². The molecule has 1 heterocycles. The highest BCUT2D eigenvalue weighted by molar-refractivity contribution is 7.99. The van der Waals surface area contributed by atoms with Crippen molar-refractivity contribution in [2.24, 2.45) is 0 Å². The summed E-state index contributed by atoms with van der Waals surface area (Å²) in [6, 6.07) is 1.88. The van der Waals surface area contributed by atoms with E-state index >= 15 is 0 Å². The Balaban J connectivity index is 1.99. The number of hydrogen-bond donors (Lipinski definition) is 1. The van der Waals surface area contributed by atoms with Gasteiger partial charge >= 0.3 is 5.97 Å². The quantitative estimate of drug-likeness (QED) is 0.698. The first-order valence-electron chi connectivity index (χ1n) is 4.06. The number of thioether (sulfide) groups is 1. The molecule has 0 spiro atoms. The van der Waals surface area contributed by atoms with Crippen molar-refractivity contribution < 1.29 is 9.90 Å². The fourth-order valence-corrected chi connectivity index (χ4v) is 1.69. The second kappa shape index (κ2) is 5.64. The minimum absolute atomic E-state index is 0.240. The number of rotatable bonds is 6. The predicted octanol–water partition coefficient (Wildman–Crippen LogP) is 1.09. The minimum Gasteiger partial charge on any atom is -0.481 e. The Morgan fingerprint density at radius 2 is 2.38 bits per heavy atom. The van der Waals surface area contributed by atoms with Crippen molar-refractivity contribution in [3.8, 4) is 0 Å². The van der Waals surface area contributed by atoms with Crippen molar-refractivity contribution in [3.63, 3.8) is 0 Å². The number of aryl methyl sites for hydroxylation is 1. The van der Waals surface area contributed by atoms with Crippen LogP contribution in [-0.2, 0) is 11.3 Å². The maximum atomic E-state index is 10.2. The highest BCUT2D eigenvalue weighted by Crippen LogP contribution is 2.03. The average Bonchev–Trinajstić information content (AvgIpc) is 2.55. The highest BCUT2D eigenvalue weighted by atomic mass is 32.2. The third kappa shape index (κ3) is 4.57. The molecule has 0 saturated heterocycles. The van der Waals surface area contributed by atoms with E-state index in [1.807, 2.05) is 16.9 Å². The lowest BCUT2D eigenvalue weighted by atomic mass is 10.5. The zero-order chi connectivity index (χ0) is 9.52. The van der Waals surface area contributed by atoms with Crippen LogP contribution in [0.3, 0.4) is 0 Å². The molecule has 0 fully saturated rings.